The number of hydrogen-bond acceptors (Lipinski definition) is 3. The van der Waals surface area contributed by atoms with E-state index in [9.17, 15) is 5.11 Å². The fraction of sp³-hybridized carbons (Fsp3) is 0.667. The third-order valence-corrected chi connectivity index (χ3v) is 4.33. The molecule has 3 unspecified atom stereocenters. The Balaban J connectivity index is 0.00000242. The summed E-state index contributed by atoms with van der Waals surface area (Å²) in [6.07, 6.45) is 0.871. The average molecular weight is 327 g/mol. The van der Waals surface area contributed by atoms with Gasteiger partial charge in [0.1, 0.15) is 18.5 Å². The summed E-state index contributed by atoms with van der Waals surface area (Å²) in [4.78, 5) is 2.37. The van der Waals surface area contributed by atoms with E-state index in [0.717, 1.165) is 30.7 Å². The fourth-order valence-electron chi connectivity index (χ4n) is 3.29. The van der Waals surface area contributed by atoms with Gasteiger partial charge in [0.2, 0.25) is 0 Å². The van der Waals surface area contributed by atoms with Gasteiger partial charge < -0.3 is 27.2 Å². The van der Waals surface area contributed by atoms with Crippen molar-refractivity contribution in [3.05, 3.63) is 29.3 Å². The van der Waals surface area contributed by atoms with Crippen molar-refractivity contribution in [1.29, 1.82) is 0 Å². The predicted molar refractivity (Wildman–Crippen MR) is 86.8 cm³/mol. The molecule has 1 N–H and O–H groups in total. The lowest BCUT2D eigenvalue weighted by atomic mass is 9.92. The van der Waals surface area contributed by atoms with Crippen molar-refractivity contribution in [2.75, 3.05) is 26.2 Å². The monoisotopic (exact) mass is 326 g/mol. The van der Waals surface area contributed by atoms with Gasteiger partial charge in [-0.25, -0.2) is 0 Å². The van der Waals surface area contributed by atoms with E-state index in [1.165, 1.54) is 17.5 Å². The van der Waals surface area contributed by atoms with Crippen molar-refractivity contribution in [3.63, 3.8) is 0 Å². The number of halogens is 1. The Hall–Kier alpha value is -0.770. The third kappa shape index (κ3) is 5.79. The van der Waals surface area contributed by atoms with E-state index in [1.54, 1.807) is 0 Å². The number of benzene rings is 1. The van der Waals surface area contributed by atoms with E-state index in [4.69, 9.17) is 4.74 Å². The number of piperidine rings is 1. The number of aryl methyl sites for hydroxylation is 2. The average Bonchev–Trinajstić information content (AvgIpc) is 2.39. The van der Waals surface area contributed by atoms with Crippen molar-refractivity contribution in [2.45, 2.75) is 40.2 Å². The minimum atomic E-state index is -0.427. The van der Waals surface area contributed by atoms with Crippen LogP contribution in [-0.4, -0.2) is 42.4 Å². The molecule has 4 heteroatoms. The van der Waals surface area contributed by atoms with Crippen LogP contribution in [0, 0.1) is 25.7 Å². The molecule has 1 aliphatic rings. The van der Waals surface area contributed by atoms with Gasteiger partial charge >= 0.3 is 0 Å². The van der Waals surface area contributed by atoms with E-state index in [1.807, 2.05) is 12.1 Å². The Morgan fingerprint density at radius 2 is 1.82 bits per heavy atom. The number of β-amino-alcohol motifs (C(OH)–C–C–N with tert-alkyl or cyclic N) is 1. The lowest BCUT2D eigenvalue weighted by Crippen LogP contribution is -3.00. The molecular weight excluding hydrogens is 298 g/mol. The lowest BCUT2D eigenvalue weighted by Gasteiger charge is -2.35. The molecule has 1 heterocycles. The molecule has 2 rings (SSSR count). The van der Waals surface area contributed by atoms with Gasteiger partial charge in [-0.05, 0) is 55.4 Å². The zero-order valence-electron chi connectivity index (χ0n) is 14.2. The molecule has 0 saturated carbocycles. The molecule has 0 aromatic heterocycles. The van der Waals surface area contributed by atoms with Crippen LogP contribution in [0.25, 0.3) is 0 Å². The summed E-state index contributed by atoms with van der Waals surface area (Å²) in [6, 6.07) is 6.07. The summed E-state index contributed by atoms with van der Waals surface area (Å²) >= 11 is 0. The molecule has 1 aliphatic heterocycles. The molecule has 126 valence electrons. The topological polar surface area (TPSA) is 32.7 Å². The highest BCUT2D eigenvalue weighted by molar-refractivity contribution is 5.33. The Labute approximate surface area is 141 Å². The van der Waals surface area contributed by atoms with Gasteiger partial charge in [0.15, 0.2) is 0 Å². The molecule has 0 spiro atoms. The zero-order chi connectivity index (χ0) is 15.4. The highest BCUT2D eigenvalue weighted by atomic mass is 35.5. The normalized spacial score (nSPS) is 23.7. The van der Waals surface area contributed by atoms with Crippen LogP contribution in [0.2, 0.25) is 0 Å². The largest absolute Gasteiger partial charge is 1.00 e. The van der Waals surface area contributed by atoms with Crippen molar-refractivity contribution >= 4 is 0 Å². The first-order chi connectivity index (χ1) is 9.94. The second-order valence-electron chi connectivity index (χ2n) is 6.88. The molecule has 0 aliphatic carbocycles. The first kappa shape index (κ1) is 19.3. The number of aliphatic hydroxyl groups excluding tert-OH is 1. The number of likely N-dealkylation sites (tertiary alicyclic amines) is 1. The molecular formula is C18H29ClNO2-. The van der Waals surface area contributed by atoms with Gasteiger partial charge in [0.05, 0.1) is 0 Å². The molecule has 1 aromatic rings. The Kier molecular flexibility index (Phi) is 7.67. The van der Waals surface area contributed by atoms with Crippen LogP contribution in [0.4, 0.5) is 0 Å². The van der Waals surface area contributed by atoms with Crippen molar-refractivity contribution in [3.8, 4) is 5.75 Å². The molecule has 3 nitrogen and oxygen atoms in total. The van der Waals surface area contributed by atoms with Crippen molar-refractivity contribution in [2.24, 2.45) is 11.8 Å². The quantitative estimate of drug-likeness (QED) is 0.828. The summed E-state index contributed by atoms with van der Waals surface area (Å²) in [5.74, 6) is 2.29. The Bertz CT molecular complexity index is 456. The van der Waals surface area contributed by atoms with Gasteiger partial charge in [0, 0.05) is 19.6 Å². The highest BCUT2D eigenvalue weighted by Crippen LogP contribution is 2.21. The summed E-state index contributed by atoms with van der Waals surface area (Å²) in [5, 5.41) is 10.2. The molecule has 22 heavy (non-hydrogen) atoms. The van der Waals surface area contributed by atoms with Gasteiger partial charge in [-0.1, -0.05) is 19.9 Å². The van der Waals surface area contributed by atoms with Gasteiger partial charge in [0.25, 0.3) is 0 Å². The fourth-order valence-corrected chi connectivity index (χ4v) is 3.29. The molecule has 1 fully saturated rings. The maximum Gasteiger partial charge on any atom is 0.119 e. The van der Waals surface area contributed by atoms with Crippen LogP contribution >= 0.6 is 0 Å². The van der Waals surface area contributed by atoms with E-state index in [2.05, 4.69) is 38.7 Å². The maximum absolute atomic E-state index is 10.2. The maximum atomic E-state index is 10.2. The second kappa shape index (κ2) is 8.76. The minimum Gasteiger partial charge on any atom is -1.00 e. The van der Waals surface area contributed by atoms with Crippen LogP contribution in [0.15, 0.2) is 18.2 Å². The summed E-state index contributed by atoms with van der Waals surface area (Å²) in [7, 11) is 0. The predicted octanol–water partition coefficient (Wildman–Crippen LogP) is 0.0250. The first-order valence-corrected chi connectivity index (χ1v) is 8.04. The second-order valence-corrected chi connectivity index (χ2v) is 6.88. The molecule has 3 atom stereocenters. The summed E-state index contributed by atoms with van der Waals surface area (Å²) in [6.45, 7) is 12.0. The van der Waals surface area contributed by atoms with Gasteiger partial charge in [-0.15, -0.1) is 0 Å². The molecule has 0 radical (unpaired) electrons. The Morgan fingerprint density at radius 1 is 1.18 bits per heavy atom. The Morgan fingerprint density at radius 3 is 2.41 bits per heavy atom. The number of nitrogens with zero attached hydrogens (tertiary/aromatic N) is 1. The summed E-state index contributed by atoms with van der Waals surface area (Å²) < 4.78 is 5.72. The van der Waals surface area contributed by atoms with Crippen LogP contribution < -0.4 is 17.1 Å². The SMILES string of the molecule is Cc1ccc(OCC(O)CN2CC(C)CC(C)C2)cc1C.[Cl-]. The standard InChI is InChI=1S/C18H29NO2.ClH/c1-13-7-14(2)10-19(9-13)11-17(20)12-21-18-6-5-15(3)16(4)8-18;/h5-6,8,13-14,17,20H,7,9-12H2,1-4H3;1H/p-1. The third-order valence-electron chi connectivity index (χ3n) is 4.33. The molecule has 0 amide bonds. The smallest absolute Gasteiger partial charge is 0.119 e. The number of hydrogen-bond donors (Lipinski definition) is 1. The molecule has 1 saturated heterocycles. The first-order valence-electron chi connectivity index (χ1n) is 8.04. The molecule has 1 aromatic carbocycles. The number of ether oxygens (including phenoxy) is 1. The van der Waals surface area contributed by atoms with E-state index in [0.29, 0.717) is 13.2 Å². The van der Waals surface area contributed by atoms with Gasteiger partial charge in [-0.2, -0.15) is 0 Å². The van der Waals surface area contributed by atoms with Crippen LogP contribution in [-0.2, 0) is 0 Å². The zero-order valence-corrected chi connectivity index (χ0v) is 14.9. The van der Waals surface area contributed by atoms with Crippen LogP contribution in [0.3, 0.4) is 0 Å². The molecule has 0 bridgehead atoms. The minimum absolute atomic E-state index is 0. The number of rotatable bonds is 5. The van der Waals surface area contributed by atoms with Crippen molar-refractivity contribution < 1.29 is 22.3 Å². The number of aliphatic hydroxyl groups is 1. The van der Waals surface area contributed by atoms with Gasteiger partial charge in [-0.3, -0.25) is 0 Å². The van der Waals surface area contributed by atoms with Crippen LogP contribution in [0.5, 0.6) is 5.75 Å². The van der Waals surface area contributed by atoms with Crippen LogP contribution in [0.1, 0.15) is 31.4 Å². The van der Waals surface area contributed by atoms with E-state index in [-0.39, 0.29) is 12.4 Å². The van der Waals surface area contributed by atoms with Crippen molar-refractivity contribution in [1.82, 2.24) is 4.90 Å². The van der Waals surface area contributed by atoms with E-state index < -0.39 is 6.10 Å². The van der Waals surface area contributed by atoms with E-state index >= 15 is 0 Å². The summed E-state index contributed by atoms with van der Waals surface area (Å²) in [5.41, 5.74) is 2.49. The lowest BCUT2D eigenvalue weighted by molar-refractivity contribution is -0.00000870. The highest BCUT2D eigenvalue weighted by Gasteiger charge is 2.23.